The lowest BCUT2D eigenvalue weighted by atomic mass is 9.92. The van der Waals surface area contributed by atoms with Gasteiger partial charge in [-0.05, 0) is 35.9 Å². The minimum Gasteiger partial charge on any atom is -0.542 e. The molecule has 0 spiro atoms. The molecule has 1 unspecified atom stereocenters. The summed E-state index contributed by atoms with van der Waals surface area (Å²) in [4.78, 5) is 39.1. The molecule has 17 heteroatoms. The number of sulfonamides is 1. The number of primary sulfonamides is 1. The fraction of sp³-hybridized carbons (Fsp3) is 0.115. The van der Waals surface area contributed by atoms with E-state index in [4.69, 9.17) is 31.0 Å². The van der Waals surface area contributed by atoms with Crippen LogP contribution in [0.15, 0.2) is 82.8 Å². The Morgan fingerprint density at radius 1 is 1.02 bits per heavy atom. The lowest BCUT2D eigenvalue weighted by molar-refractivity contribution is -0.344. The molecule has 0 saturated carbocycles. The highest BCUT2D eigenvalue weighted by atomic mass is 32.2. The average molecular weight is 622 g/mol. The minimum absolute atomic E-state index is 0.0475. The molecule has 4 rings (SSSR count). The van der Waals surface area contributed by atoms with Crippen molar-refractivity contribution in [1.29, 1.82) is 0 Å². The van der Waals surface area contributed by atoms with Crippen molar-refractivity contribution in [2.45, 2.75) is 23.1 Å². The number of nitrogens with one attached hydrogen (secondary N) is 1. The Morgan fingerprint density at radius 3 is 2.16 bits per heavy atom. The van der Waals surface area contributed by atoms with E-state index in [2.05, 4.69) is 10.5 Å². The normalized spacial score (nSPS) is 16.1. The third-order valence-electron chi connectivity index (χ3n) is 5.85. The van der Waals surface area contributed by atoms with Gasteiger partial charge in [-0.15, -0.1) is 0 Å². The fourth-order valence-electron chi connectivity index (χ4n) is 3.72. The number of alkyl halides is 3. The summed E-state index contributed by atoms with van der Waals surface area (Å²) < 4.78 is 55.3. The number of aliphatic carboxylic acids is 2. The van der Waals surface area contributed by atoms with Crippen molar-refractivity contribution >= 4 is 45.1 Å². The quantitative estimate of drug-likeness (QED) is 0.128. The van der Waals surface area contributed by atoms with E-state index in [1.165, 1.54) is 18.2 Å². The number of rotatable bonds is 7. The molecule has 226 valence electrons. The highest BCUT2D eigenvalue weighted by molar-refractivity contribution is 7.89. The van der Waals surface area contributed by atoms with Gasteiger partial charge in [-0.25, -0.2) is 18.4 Å². The van der Waals surface area contributed by atoms with Crippen LogP contribution in [0, 0.1) is 0 Å². The molecule has 1 amide bonds. The number of nitrogens with zero attached hydrogens (tertiary/aromatic N) is 1. The van der Waals surface area contributed by atoms with Crippen molar-refractivity contribution < 1.29 is 56.4 Å². The molecule has 1 aliphatic rings. The first kappa shape index (κ1) is 32.2. The standard InChI is InChI=1S/C24H21N5O6S.C2HF3O2/c25-21(26)16-5-3-4-15(12-16)19-13-24(23(31)32,35-29-19)22(30)28-17-10-8-14(9-11-17)18-6-1-2-7-20(18)36(27,33)34;3-2(4,5)1(6)7/h1-12H,13H2,(H3,25,26)(H,28,30)(H,31,32)(H2,27,33,34);(H,6,7). The molecule has 13 nitrogen and oxygen atoms in total. The van der Waals surface area contributed by atoms with E-state index < -0.39 is 39.6 Å². The van der Waals surface area contributed by atoms with Crippen LogP contribution >= 0.6 is 0 Å². The van der Waals surface area contributed by atoms with Crippen LogP contribution in [0.2, 0.25) is 0 Å². The van der Waals surface area contributed by atoms with E-state index in [0.29, 0.717) is 22.3 Å². The molecular weight excluding hydrogens is 599 g/mol. The zero-order valence-corrected chi connectivity index (χ0v) is 22.5. The highest BCUT2D eigenvalue weighted by Crippen LogP contribution is 2.31. The number of oxime groups is 1. The zero-order chi connectivity index (χ0) is 32.2. The van der Waals surface area contributed by atoms with Crippen LogP contribution in [0.5, 0.6) is 0 Å². The molecular formula is C26H22F3N5O8S. The number of hydrogen-bond donors (Lipinski definition) is 5. The maximum Gasteiger partial charge on any atom is 0.430 e. The largest absolute Gasteiger partial charge is 0.542 e. The minimum atomic E-state index is -5.19. The predicted octanol–water partition coefficient (Wildman–Crippen LogP) is -0.649. The molecule has 0 fully saturated rings. The summed E-state index contributed by atoms with van der Waals surface area (Å²) in [6.07, 6.45) is -5.53. The second-order valence-electron chi connectivity index (χ2n) is 8.83. The van der Waals surface area contributed by atoms with Gasteiger partial charge in [-0.1, -0.05) is 47.6 Å². The number of benzene rings is 3. The van der Waals surface area contributed by atoms with E-state index in [9.17, 15) is 36.3 Å². The first-order chi connectivity index (χ1) is 20.0. The molecule has 3 aromatic carbocycles. The van der Waals surface area contributed by atoms with Crippen LogP contribution in [0.1, 0.15) is 17.5 Å². The van der Waals surface area contributed by atoms with Gasteiger partial charge in [-0.3, -0.25) is 15.9 Å². The van der Waals surface area contributed by atoms with Crippen molar-refractivity contribution in [2.24, 2.45) is 16.0 Å². The summed E-state index contributed by atoms with van der Waals surface area (Å²) in [7, 11) is -3.95. The number of hydrogen-bond acceptors (Lipinski definition) is 8. The molecule has 43 heavy (non-hydrogen) atoms. The monoisotopic (exact) mass is 621 g/mol. The first-order valence-corrected chi connectivity index (χ1v) is 13.3. The van der Waals surface area contributed by atoms with E-state index in [1.807, 2.05) is 0 Å². The van der Waals surface area contributed by atoms with Crippen molar-refractivity contribution in [3.05, 3.63) is 83.9 Å². The number of carboxylic acid groups (broad SMARTS) is 2. The molecule has 0 aromatic heterocycles. The Kier molecular flexibility index (Phi) is 9.21. The zero-order valence-electron chi connectivity index (χ0n) is 21.7. The Morgan fingerprint density at radius 2 is 1.63 bits per heavy atom. The number of carbonyl (C=O) groups is 3. The first-order valence-electron chi connectivity index (χ1n) is 11.7. The van der Waals surface area contributed by atoms with Gasteiger partial charge in [0.2, 0.25) is 10.0 Å². The predicted molar refractivity (Wildman–Crippen MR) is 142 cm³/mol. The molecule has 1 heterocycles. The molecule has 3 aromatic rings. The second-order valence-corrected chi connectivity index (χ2v) is 10.4. The van der Waals surface area contributed by atoms with Crippen molar-refractivity contribution in [3.63, 3.8) is 0 Å². The van der Waals surface area contributed by atoms with Gasteiger partial charge >= 0.3 is 17.7 Å². The molecule has 0 saturated heterocycles. The lowest BCUT2D eigenvalue weighted by Crippen LogP contribution is -2.50. The number of carbonyl (C=O) groups excluding carboxylic acids is 2. The molecule has 0 radical (unpaired) electrons. The lowest BCUT2D eigenvalue weighted by Gasteiger charge is -2.20. The SMILES string of the molecule is NC(=[NH2+])c1cccc(C2=NOC(C(=O)O)(C(=O)Nc3ccc(-c4ccccc4S(N)(=O)=O)cc3)C2)c1.O=C([O-])C(F)(F)F. The number of anilines is 1. The van der Waals surface area contributed by atoms with Crippen molar-refractivity contribution in [2.75, 3.05) is 5.32 Å². The van der Waals surface area contributed by atoms with Crippen molar-refractivity contribution in [3.8, 4) is 11.1 Å². The number of nitrogens with two attached hydrogens (primary N) is 3. The summed E-state index contributed by atoms with van der Waals surface area (Å²) in [6, 6.07) is 19.0. The number of amidine groups is 1. The average Bonchev–Trinajstić information content (AvgIpc) is 3.40. The summed E-state index contributed by atoms with van der Waals surface area (Å²) >= 11 is 0. The molecule has 0 aliphatic carbocycles. The Hall–Kier alpha value is -5.29. The van der Waals surface area contributed by atoms with Crippen LogP contribution in [0.25, 0.3) is 11.1 Å². The van der Waals surface area contributed by atoms with Crippen molar-refractivity contribution in [1.82, 2.24) is 0 Å². The Balaban J connectivity index is 0.000000646. The molecule has 8 N–H and O–H groups in total. The number of amides is 1. The summed E-state index contributed by atoms with van der Waals surface area (Å²) in [5, 5.41) is 35.9. The summed E-state index contributed by atoms with van der Waals surface area (Å²) in [5.41, 5.74) is 5.79. The smallest absolute Gasteiger partial charge is 0.430 e. The van der Waals surface area contributed by atoms with E-state index in [0.717, 1.165) is 0 Å². The van der Waals surface area contributed by atoms with Gasteiger partial charge in [0.15, 0.2) is 0 Å². The maximum absolute atomic E-state index is 13.0. The third-order valence-corrected chi connectivity index (χ3v) is 6.82. The van der Waals surface area contributed by atoms with Gasteiger partial charge in [0.1, 0.15) is 5.97 Å². The number of halogens is 3. The van der Waals surface area contributed by atoms with Gasteiger partial charge < -0.3 is 25.2 Å². The fourth-order valence-corrected chi connectivity index (χ4v) is 4.48. The Labute approximate surface area is 241 Å². The van der Waals surface area contributed by atoms with Crippen LogP contribution in [-0.4, -0.2) is 54.7 Å². The molecule has 1 atom stereocenters. The number of carboxylic acids is 2. The topological polar surface area (TPSA) is 240 Å². The van der Waals surface area contributed by atoms with E-state index in [1.54, 1.807) is 54.6 Å². The van der Waals surface area contributed by atoms with E-state index in [-0.39, 0.29) is 28.6 Å². The van der Waals surface area contributed by atoms with Gasteiger partial charge in [-0.2, -0.15) is 13.2 Å². The Bertz CT molecular complexity index is 1730. The maximum atomic E-state index is 13.0. The van der Waals surface area contributed by atoms with Crippen LogP contribution in [0.3, 0.4) is 0 Å². The molecule has 1 aliphatic heterocycles. The summed E-state index contributed by atoms with van der Waals surface area (Å²) in [6.45, 7) is 0. The van der Waals surface area contributed by atoms with E-state index >= 15 is 0 Å². The van der Waals surface area contributed by atoms with Gasteiger partial charge in [0.25, 0.3) is 11.7 Å². The van der Waals surface area contributed by atoms with Crippen LogP contribution in [0.4, 0.5) is 18.9 Å². The summed E-state index contributed by atoms with van der Waals surface area (Å²) in [5.74, 6) is -5.38. The van der Waals surface area contributed by atoms with Gasteiger partial charge in [0.05, 0.1) is 22.6 Å². The van der Waals surface area contributed by atoms with Crippen LogP contribution in [-0.2, 0) is 29.2 Å². The molecule has 0 bridgehead atoms. The third kappa shape index (κ3) is 7.52. The van der Waals surface area contributed by atoms with Gasteiger partial charge in [0, 0.05) is 16.8 Å². The van der Waals surface area contributed by atoms with Crippen LogP contribution < -0.4 is 26.7 Å². The highest BCUT2D eigenvalue weighted by Gasteiger charge is 2.54. The second kappa shape index (κ2) is 12.3.